The molecule has 0 bridgehead atoms. The van der Waals surface area contributed by atoms with Crippen molar-refractivity contribution < 1.29 is 28.2 Å². The van der Waals surface area contributed by atoms with Crippen LogP contribution in [0.4, 0.5) is 9.18 Å². The highest BCUT2D eigenvalue weighted by Gasteiger charge is 2.33. The van der Waals surface area contributed by atoms with Crippen LogP contribution in [0.5, 0.6) is 0 Å². The monoisotopic (exact) mass is 490 g/mol. The maximum Gasteiger partial charge on any atom is 0.408 e. The molecule has 0 saturated heterocycles. The Hall–Kier alpha value is -4.20. The average Bonchev–Trinajstić information content (AvgIpc) is 3.71. The number of amides is 2. The van der Waals surface area contributed by atoms with Crippen LogP contribution in [0.2, 0.25) is 0 Å². The number of hydrogen-bond donors (Lipinski definition) is 2. The highest BCUT2D eigenvalue weighted by Crippen LogP contribution is 2.24. The molecule has 0 aromatic heterocycles. The molecule has 0 aliphatic heterocycles. The van der Waals surface area contributed by atoms with E-state index in [1.54, 1.807) is 0 Å². The summed E-state index contributed by atoms with van der Waals surface area (Å²) in [4.78, 5) is 38.7. The minimum atomic E-state index is -1.29. The number of hydrogen-bond acceptors (Lipinski definition) is 5. The summed E-state index contributed by atoms with van der Waals surface area (Å²) in [5.74, 6) is -1.78. The molecular weight excluding hydrogens is 463 g/mol. The van der Waals surface area contributed by atoms with Crippen LogP contribution in [0.25, 0.3) is 0 Å². The Morgan fingerprint density at radius 2 is 1.47 bits per heavy atom. The summed E-state index contributed by atoms with van der Waals surface area (Å²) in [5, 5.41) is 5.38. The number of carbonyl (C=O) groups excluding carboxylic acids is 3. The van der Waals surface area contributed by atoms with Crippen LogP contribution in [0.15, 0.2) is 84.9 Å². The van der Waals surface area contributed by atoms with Crippen molar-refractivity contribution in [2.75, 3.05) is 0 Å². The molecule has 0 heterocycles. The van der Waals surface area contributed by atoms with E-state index in [-0.39, 0.29) is 19.1 Å². The zero-order chi connectivity index (χ0) is 25.3. The quantitative estimate of drug-likeness (QED) is 0.415. The summed E-state index contributed by atoms with van der Waals surface area (Å²) in [5.41, 5.74) is 1.90. The van der Waals surface area contributed by atoms with Crippen LogP contribution in [-0.4, -0.2) is 30.1 Å². The largest absolute Gasteiger partial charge is 0.446 e. The number of halogens is 1. The molecule has 0 radical (unpaired) electrons. The van der Waals surface area contributed by atoms with Crippen molar-refractivity contribution in [3.05, 3.63) is 107 Å². The number of alkyl carbamates (subject to hydrolysis) is 1. The molecule has 1 aliphatic carbocycles. The molecule has 36 heavy (non-hydrogen) atoms. The molecule has 8 heteroatoms. The lowest BCUT2D eigenvalue weighted by Gasteiger charge is -2.22. The normalized spacial score (nSPS) is 14.2. The molecule has 1 aliphatic rings. The van der Waals surface area contributed by atoms with Crippen LogP contribution in [-0.2, 0) is 32.1 Å². The van der Waals surface area contributed by atoms with Gasteiger partial charge in [0, 0.05) is 18.0 Å². The second-order valence-corrected chi connectivity index (χ2v) is 8.60. The third kappa shape index (κ3) is 7.40. The Balaban J connectivity index is 1.48. The molecule has 2 N–H and O–H groups in total. The third-order valence-electron chi connectivity index (χ3n) is 5.64. The number of nitrogens with one attached hydrogen (secondary N) is 2. The van der Waals surface area contributed by atoms with E-state index in [9.17, 15) is 18.8 Å². The zero-order valence-corrected chi connectivity index (χ0v) is 19.6. The van der Waals surface area contributed by atoms with Crippen molar-refractivity contribution >= 4 is 18.0 Å². The fourth-order valence-corrected chi connectivity index (χ4v) is 3.56. The summed E-state index contributed by atoms with van der Waals surface area (Å²) in [7, 11) is 0. The van der Waals surface area contributed by atoms with Gasteiger partial charge in [0.25, 0.3) is 5.91 Å². The summed E-state index contributed by atoms with van der Waals surface area (Å²) < 4.78 is 24.4. The van der Waals surface area contributed by atoms with E-state index in [0.29, 0.717) is 5.56 Å². The minimum Gasteiger partial charge on any atom is -0.446 e. The number of rotatable bonds is 10. The standard InChI is InChI=1S/C28H27FN2O5/c29-22-13-11-21(12-14-22)25(26(32)30-23-15-16-23)36-27(33)24(17-19-7-3-1-4-8-19)31-28(34)35-18-20-9-5-2-6-10-20/h1-14,23-25H,15-18H2,(H,30,32)(H,31,34)/t24-,25?/m0/s1. The second kappa shape index (κ2) is 12.0. The van der Waals surface area contributed by atoms with Crippen LogP contribution in [0.3, 0.4) is 0 Å². The first-order valence-electron chi connectivity index (χ1n) is 11.8. The molecule has 2 atom stereocenters. The van der Waals surface area contributed by atoms with Gasteiger partial charge in [0.2, 0.25) is 6.10 Å². The van der Waals surface area contributed by atoms with Crippen LogP contribution < -0.4 is 10.6 Å². The number of benzene rings is 3. The number of esters is 1. The smallest absolute Gasteiger partial charge is 0.408 e. The van der Waals surface area contributed by atoms with Gasteiger partial charge in [-0.15, -0.1) is 0 Å². The van der Waals surface area contributed by atoms with E-state index < -0.39 is 35.9 Å². The maximum absolute atomic E-state index is 13.5. The molecule has 186 valence electrons. The highest BCUT2D eigenvalue weighted by molar-refractivity contribution is 5.88. The van der Waals surface area contributed by atoms with Crippen molar-refractivity contribution in [1.29, 1.82) is 0 Å². The van der Waals surface area contributed by atoms with Gasteiger partial charge >= 0.3 is 12.1 Å². The number of carbonyl (C=O) groups is 3. The van der Waals surface area contributed by atoms with Crippen molar-refractivity contribution in [1.82, 2.24) is 10.6 Å². The predicted octanol–water partition coefficient (Wildman–Crippen LogP) is 4.23. The summed E-state index contributed by atoms with van der Waals surface area (Å²) in [6, 6.07) is 22.3. The Morgan fingerprint density at radius 1 is 0.861 bits per heavy atom. The fraction of sp³-hybridized carbons (Fsp3) is 0.250. The lowest BCUT2D eigenvalue weighted by Crippen LogP contribution is -2.45. The summed E-state index contributed by atoms with van der Waals surface area (Å²) in [6.45, 7) is 0.0295. The molecule has 1 unspecified atom stereocenters. The van der Waals surface area contributed by atoms with Gasteiger partial charge in [-0.05, 0) is 36.1 Å². The molecule has 1 fully saturated rings. The van der Waals surface area contributed by atoms with Crippen molar-refractivity contribution in [2.45, 2.75) is 44.1 Å². The Bertz CT molecular complexity index is 1170. The van der Waals surface area contributed by atoms with E-state index in [0.717, 1.165) is 24.0 Å². The predicted molar refractivity (Wildman–Crippen MR) is 130 cm³/mol. The summed E-state index contributed by atoms with van der Waals surface area (Å²) in [6.07, 6.45) is -0.264. The summed E-state index contributed by atoms with van der Waals surface area (Å²) >= 11 is 0. The lowest BCUT2D eigenvalue weighted by atomic mass is 10.1. The van der Waals surface area contributed by atoms with Crippen molar-refractivity contribution in [3.63, 3.8) is 0 Å². The van der Waals surface area contributed by atoms with Gasteiger partial charge in [-0.3, -0.25) is 4.79 Å². The first-order valence-corrected chi connectivity index (χ1v) is 11.8. The first kappa shape index (κ1) is 24.9. The van der Waals surface area contributed by atoms with Gasteiger partial charge in [0.05, 0.1) is 0 Å². The van der Waals surface area contributed by atoms with Crippen molar-refractivity contribution in [3.8, 4) is 0 Å². The Labute approximate surface area is 208 Å². The molecule has 0 spiro atoms. The van der Waals surface area contributed by atoms with Gasteiger partial charge in [0.15, 0.2) is 0 Å². The lowest BCUT2D eigenvalue weighted by molar-refractivity contribution is -0.158. The average molecular weight is 491 g/mol. The number of ether oxygens (including phenoxy) is 2. The third-order valence-corrected chi connectivity index (χ3v) is 5.64. The molecule has 3 aromatic rings. The van der Waals surface area contributed by atoms with Gasteiger partial charge < -0.3 is 20.1 Å². The highest BCUT2D eigenvalue weighted by atomic mass is 19.1. The molecule has 7 nitrogen and oxygen atoms in total. The van der Waals surface area contributed by atoms with E-state index >= 15 is 0 Å². The minimum absolute atomic E-state index is 0.0295. The maximum atomic E-state index is 13.5. The molecule has 2 amide bonds. The van der Waals surface area contributed by atoms with Gasteiger partial charge in [-0.25, -0.2) is 14.0 Å². The fourth-order valence-electron chi connectivity index (χ4n) is 3.56. The van der Waals surface area contributed by atoms with Crippen LogP contribution in [0, 0.1) is 5.82 Å². The van der Waals surface area contributed by atoms with E-state index in [1.807, 2.05) is 60.7 Å². The Morgan fingerprint density at radius 3 is 2.08 bits per heavy atom. The van der Waals surface area contributed by atoms with Gasteiger partial charge in [-0.2, -0.15) is 0 Å². The van der Waals surface area contributed by atoms with E-state index in [1.165, 1.54) is 24.3 Å². The molecule has 1 saturated carbocycles. The SMILES string of the molecule is O=C(N[C@@H](Cc1ccccc1)C(=O)OC(C(=O)NC1CC1)c1ccc(F)cc1)OCc1ccccc1. The van der Waals surface area contributed by atoms with Crippen LogP contribution in [0.1, 0.15) is 35.6 Å². The van der Waals surface area contributed by atoms with Gasteiger partial charge in [-0.1, -0.05) is 72.8 Å². The van der Waals surface area contributed by atoms with Gasteiger partial charge in [0.1, 0.15) is 18.5 Å². The zero-order valence-electron chi connectivity index (χ0n) is 19.6. The molecule has 3 aromatic carbocycles. The van der Waals surface area contributed by atoms with E-state index in [4.69, 9.17) is 9.47 Å². The molecular formula is C28H27FN2O5. The van der Waals surface area contributed by atoms with E-state index in [2.05, 4.69) is 10.6 Å². The van der Waals surface area contributed by atoms with Crippen LogP contribution >= 0.6 is 0 Å². The Kier molecular flexibility index (Phi) is 8.28. The topological polar surface area (TPSA) is 93.7 Å². The van der Waals surface area contributed by atoms with Crippen molar-refractivity contribution in [2.24, 2.45) is 0 Å². The first-order chi connectivity index (χ1) is 17.5. The molecule has 4 rings (SSSR count). The second-order valence-electron chi connectivity index (χ2n) is 8.60.